The molecule has 0 spiro atoms. The van der Waals surface area contributed by atoms with Gasteiger partial charge in [-0.15, -0.1) is 11.3 Å². The Kier molecular flexibility index (Phi) is 9.46. The van der Waals surface area contributed by atoms with E-state index in [1.165, 1.54) is 76.5 Å². The summed E-state index contributed by atoms with van der Waals surface area (Å²) in [6, 6.07) is 59.2. The first-order valence-corrected chi connectivity index (χ1v) is 19.7. The molecule has 2 aromatic heterocycles. The Bertz CT molecular complexity index is 2670. The summed E-state index contributed by atoms with van der Waals surface area (Å²) >= 11 is 1.90. The zero-order valence-electron chi connectivity index (χ0n) is 31.0. The summed E-state index contributed by atoms with van der Waals surface area (Å²) in [7, 11) is 1.91. The molecule has 0 radical (unpaired) electrons. The van der Waals surface area contributed by atoms with Gasteiger partial charge in [0.05, 0.1) is 16.3 Å². The number of rotatable bonds is 8. The summed E-state index contributed by atoms with van der Waals surface area (Å²) in [6.07, 6.45) is 8.63. The highest BCUT2D eigenvalue weighted by Crippen LogP contribution is 2.43. The lowest BCUT2D eigenvalue weighted by molar-refractivity contribution is 1.01. The molecule has 3 heteroatoms. The summed E-state index contributed by atoms with van der Waals surface area (Å²) in [5.74, 6) is 0. The second kappa shape index (κ2) is 15.1. The van der Waals surface area contributed by atoms with E-state index >= 15 is 0 Å². The Hall–Kier alpha value is -6.42. The van der Waals surface area contributed by atoms with Crippen LogP contribution < -0.4 is 0 Å². The SMILES string of the molecule is CN=C(c1ccccc1)c1sc2c(c1-c1cccc(-c3ccc(-c4cc(-c5ccc(C)cc5)cc(-c5ccc(-c6ccccn6)cc5)c4)cc3)c1)C=CCC2. The standard InChI is InChI=1S/C52H40N2S/c1-35-18-20-37(21-19-35)44-32-45(34-46(33-44)39-26-28-40(29-27-39)48-16-8-9-30-54-48)38-24-22-36(23-25-38)42-13-10-14-43(31-42)50-47-15-6-7-17-49(47)55-52(50)51(53-2)41-11-4-3-5-12-41/h3-6,8-16,18-34H,7,17H2,1-2H3. The molecular formula is C52H40N2S. The highest BCUT2D eigenvalue weighted by molar-refractivity contribution is 7.15. The van der Waals surface area contributed by atoms with Crippen LogP contribution in [-0.2, 0) is 6.42 Å². The van der Waals surface area contributed by atoms with Gasteiger partial charge in [0.25, 0.3) is 0 Å². The maximum Gasteiger partial charge on any atom is 0.0821 e. The molecule has 8 aromatic rings. The third-order valence-electron chi connectivity index (χ3n) is 10.5. The van der Waals surface area contributed by atoms with E-state index < -0.39 is 0 Å². The lowest BCUT2D eigenvalue weighted by Gasteiger charge is -2.13. The molecule has 0 N–H and O–H groups in total. The number of nitrogens with zero attached hydrogens (tertiary/aromatic N) is 2. The van der Waals surface area contributed by atoms with E-state index in [2.05, 4.69) is 176 Å². The molecule has 0 amide bonds. The van der Waals surface area contributed by atoms with Gasteiger partial charge >= 0.3 is 0 Å². The Morgan fingerprint density at radius 2 is 1.11 bits per heavy atom. The van der Waals surface area contributed by atoms with Gasteiger partial charge in [-0.1, -0.05) is 145 Å². The molecule has 55 heavy (non-hydrogen) atoms. The van der Waals surface area contributed by atoms with Gasteiger partial charge in [0.15, 0.2) is 0 Å². The number of aromatic nitrogens is 1. The third-order valence-corrected chi connectivity index (χ3v) is 11.8. The van der Waals surface area contributed by atoms with Crippen molar-refractivity contribution >= 4 is 23.1 Å². The Labute approximate surface area is 327 Å². The first-order valence-electron chi connectivity index (χ1n) is 18.9. The molecule has 0 saturated heterocycles. The van der Waals surface area contributed by atoms with E-state index in [4.69, 9.17) is 4.99 Å². The van der Waals surface area contributed by atoms with Gasteiger partial charge in [-0.2, -0.15) is 0 Å². The van der Waals surface area contributed by atoms with Crippen molar-refractivity contribution in [1.29, 1.82) is 0 Å². The van der Waals surface area contributed by atoms with Crippen molar-refractivity contribution in [3.05, 3.63) is 203 Å². The van der Waals surface area contributed by atoms with Crippen LogP contribution in [0.5, 0.6) is 0 Å². The molecule has 2 heterocycles. The number of thiophene rings is 1. The monoisotopic (exact) mass is 724 g/mol. The maximum absolute atomic E-state index is 4.85. The van der Waals surface area contributed by atoms with Crippen LogP contribution in [0.15, 0.2) is 181 Å². The minimum absolute atomic E-state index is 0.979. The van der Waals surface area contributed by atoms with E-state index in [1.807, 2.05) is 36.7 Å². The van der Waals surface area contributed by atoms with Crippen molar-refractivity contribution in [2.24, 2.45) is 4.99 Å². The molecule has 0 atom stereocenters. The lowest BCUT2D eigenvalue weighted by Crippen LogP contribution is -2.02. The van der Waals surface area contributed by atoms with Gasteiger partial charge in [0.1, 0.15) is 0 Å². The first kappa shape index (κ1) is 34.4. The Morgan fingerprint density at radius 1 is 0.545 bits per heavy atom. The molecule has 9 rings (SSSR count). The van der Waals surface area contributed by atoms with Crippen LogP contribution in [0.3, 0.4) is 0 Å². The predicted octanol–water partition coefficient (Wildman–Crippen LogP) is 13.9. The predicted molar refractivity (Wildman–Crippen MR) is 235 cm³/mol. The van der Waals surface area contributed by atoms with Crippen LogP contribution in [0.25, 0.3) is 73.0 Å². The van der Waals surface area contributed by atoms with Crippen LogP contribution in [0, 0.1) is 6.92 Å². The normalized spacial score (nSPS) is 12.4. The fourth-order valence-corrected chi connectivity index (χ4v) is 9.01. The highest BCUT2D eigenvalue weighted by atomic mass is 32.1. The largest absolute Gasteiger partial charge is 0.287 e. The van der Waals surface area contributed by atoms with Crippen LogP contribution >= 0.6 is 11.3 Å². The molecule has 2 nitrogen and oxygen atoms in total. The van der Waals surface area contributed by atoms with Crippen molar-refractivity contribution in [1.82, 2.24) is 4.98 Å². The third kappa shape index (κ3) is 7.03. The summed E-state index contributed by atoms with van der Waals surface area (Å²) in [5, 5.41) is 0. The van der Waals surface area contributed by atoms with E-state index in [9.17, 15) is 0 Å². The smallest absolute Gasteiger partial charge is 0.0821 e. The Balaban J connectivity index is 1.08. The second-order valence-electron chi connectivity index (χ2n) is 14.1. The fraction of sp³-hybridized carbons (Fsp3) is 0.0769. The topological polar surface area (TPSA) is 25.2 Å². The average molecular weight is 725 g/mol. The van der Waals surface area contributed by atoms with Gasteiger partial charge in [-0.05, 0) is 112 Å². The van der Waals surface area contributed by atoms with E-state index in [0.29, 0.717) is 0 Å². The Morgan fingerprint density at radius 3 is 1.73 bits per heavy atom. The molecule has 0 aliphatic heterocycles. The first-order chi connectivity index (χ1) is 27.1. The number of hydrogen-bond donors (Lipinski definition) is 0. The summed E-state index contributed by atoms with van der Waals surface area (Å²) in [6.45, 7) is 2.14. The second-order valence-corrected chi connectivity index (χ2v) is 15.2. The molecule has 0 unspecified atom stereocenters. The van der Waals surface area contributed by atoms with Crippen LogP contribution in [0.4, 0.5) is 0 Å². The van der Waals surface area contributed by atoms with Crippen molar-refractivity contribution in [2.75, 3.05) is 7.05 Å². The number of aliphatic imine (C=N–C) groups is 1. The van der Waals surface area contributed by atoms with Crippen LogP contribution in [-0.4, -0.2) is 17.7 Å². The average Bonchev–Trinajstić information content (AvgIpc) is 3.64. The molecule has 0 saturated carbocycles. The highest BCUT2D eigenvalue weighted by Gasteiger charge is 2.23. The van der Waals surface area contributed by atoms with Gasteiger partial charge < -0.3 is 0 Å². The number of aryl methyl sites for hydroxylation is 2. The van der Waals surface area contributed by atoms with Gasteiger partial charge in [0.2, 0.25) is 0 Å². The van der Waals surface area contributed by atoms with Crippen molar-refractivity contribution in [2.45, 2.75) is 19.8 Å². The van der Waals surface area contributed by atoms with Crippen LogP contribution in [0.2, 0.25) is 0 Å². The van der Waals surface area contributed by atoms with Gasteiger partial charge in [-0.25, -0.2) is 0 Å². The molecule has 0 bridgehead atoms. The van der Waals surface area contributed by atoms with E-state index in [-0.39, 0.29) is 0 Å². The van der Waals surface area contributed by atoms with E-state index in [1.54, 1.807) is 0 Å². The van der Waals surface area contributed by atoms with Gasteiger partial charge in [-0.3, -0.25) is 9.98 Å². The minimum atomic E-state index is 0.979. The quantitative estimate of drug-likeness (QED) is 0.143. The number of pyridine rings is 1. The van der Waals surface area contributed by atoms with Crippen molar-refractivity contribution < 1.29 is 0 Å². The summed E-state index contributed by atoms with van der Waals surface area (Å²) < 4.78 is 0. The molecule has 0 fully saturated rings. The summed E-state index contributed by atoms with van der Waals surface area (Å²) in [4.78, 5) is 12.1. The molecule has 264 valence electrons. The molecular weight excluding hydrogens is 685 g/mol. The molecule has 1 aliphatic carbocycles. The number of fused-ring (bicyclic) bond motifs is 1. The number of benzene rings is 6. The van der Waals surface area contributed by atoms with Crippen molar-refractivity contribution in [3.63, 3.8) is 0 Å². The number of hydrogen-bond acceptors (Lipinski definition) is 3. The summed E-state index contributed by atoms with van der Waals surface area (Å²) in [5.41, 5.74) is 18.9. The van der Waals surface area contributed by atoms with Crippen molar-refractivity contribution in [3.8, 4) is 66.9 Å². The lowest BCUT2D eigenvalue weighted by atomic mass is 9.90. The molecule has 1 aliphatic rings. The molecule has 6 aromatic carbocycles. The minimum Gasteiger partial charge on any atom is -0.287 e. The van der Waals surface area contributed by atoms with Crippen LogP contribution in [0.1, 0.15) is 32.9 Å². The maximum atomic E-state index is 4.85. The zero-order valence-corrected chi connectivity index (χ0v) is 31.9. The fourth-order valence-electron chi connectivity index (χ4n) is 7.63. The van der Waals surface area contributed by atoms with E-state index in [0.717, 1.165) is 35.4 Å². The zero-order chi connectivity index (χ0) is 37.1. The number of allylic oxidation sites excluding steroid dienone is 1. The van der Waals surface area contributed by atoms with Gasteiger partial charge in [0, 0.05) is 34.8 Å².